The summed E-state index contributed by atoms with van der Waals surface area (Å²) in [5.74, 6) is -2.53. The number of hydrogen-bond donors (Lipinski definition) is 2. The molecule has 0 saturated carbocycles. The lowest BCUT2D eigenvalue weighted by atomic mass is 10.2. The highest BCUT2D eigenvalue weighted by molar-refractivity contribution is 9.10. The quantitative estimate of drug-likeness (QED) is 0.853. The van der Waals surface area contributed by atoms with E-state index in [9.17, 15) is 17.6 Å². The Balaban J connectivity index is 2.43. The monoisotopic (exact) mass is 377 g/mol. The number of anilines is 1. The molecule has 2 aromatic rings. The Morgan fingerprint density at radius 1 is 1.38 bits per heavy atom. The Morgan fingerprint density at radius 3 is 2.62 bits per heavy atom. The lowest BCUT2D eigenvalue weighted by Gasteiger charge is -2.09. The standard InChI is InChI=1S/C12H9BrFNO5S/c1-6-2-3-7(14)4-8(6)15-21(18,19)10-5-9(12(16)17)20-11(10)13/h2-5,15H,1H3,(H,16,17). The number of rotatable bonds is 4. The molecule has 0 fully saturated rings. The summed E-state index contributed by atoms with van der Waals surface area (Å²) in [5.41, 5.74) is 0.568. The van der Waals surface area contributed by atoms with Crippen molar-refractivity contribution in [3.8, 4) is 0 Å². The van der Waals surface area contributed by atoms with Crippen molar-refractivity contribution in [2.24, 2.45) is 0 Å². The molecule has 2 N–H and O–H groups in total. The largest absolute Gasteiger partial charge is 0.475 e. The van der Waals surface area contributed by atoms with Crippen LogP contribution >= 0.6 is 15.9 Å². The summed E-state index contributed by atoms with van der Waals surface area (Å²) in [6, 6.07) is 4.51. The van der Waals surface area contributed by atoms with Crippen LogP contribution in [0.2, 0.25) is 0 Å². The molecule has 0 unspecified atom stereocenters. The summed E-state index contributed by atoms with van der Waals surface area (Å²) in [7, 11) is -4.12. The molecule has 2 rings (SSSR count). The van der Waals surface area contributed by atoms with Gasteiger partial charge < -0.3 is 9.52 Å². The number of aryl methyl sites for hydroxylation is 1. The molecule has 6 nitrogen and oxygen atoms in total. The molecule has 1 aromatic carbocycles. The lowest BCUT2D eigenvalue weighted by Crippen LogP contribution is -2.13. The highest BCUT2D eigenvalue weighted by Crippen LogP contribution is 2.29. The third kappa shape index (κ3) is 3.24. The van der Waals surface area contributed by atoms with Gasteiger partial charge in [-0.15, -0.1) is 0 Å². The molecule has 0 atom stereocenters. The molecule has 0 saturated heterocycles. The van der Waals surface area contributed by atoms with Crippen molar-refractivity contribution in [1.29, 1.82) is 0 Å². The van der Waals surface area contributed by atoms with Gasteiger partial charge in [0, 0.05) is 6.07 Å². The number of hydrogen-bond acceptors (Lipinski definition) is 4. The Kier molecular flexibility index (Phi) is 4.06. The average Bonchev–Trinajstić information content (AvgIpc) is 2.77. The molecule has 0 aliphatic heterocycles. The summed E-state index contributed by atoms with van der Waals surface area (Å²) in [6.45, 7) is 1.60. The molecule has 0 aliphatic carbocycles. The van der Waals surface area contributed by atoms with Crippen LogP contribution in [0.1, 0.15) is 16.1 Å². The predicted molar refractivity (Wildman–Crippen MR) is 75.3 cm³/mol. The first-order chi connectivity index (χ1) is 9.70. The smallest absolute Gasteiger partial charge is 0.371 e. The minimum atomic E-state index is -4.12. The second-order valence-electron chi connectivity index (χ2n) is 4.12. The van der Waals surface area contributed by atoms with Crippen LogP contribution in [0, 0.1) is 12.7 Å². The maximum Gasteiger partial charge on any atom is 0.371 e. The molecule has 0 amide bonds. The van der Waals surface area contributed by atoms with Gasteiger partial charge in [0.15, 0.2) is 4.67 Å². The first kappa shape index (κ1) is 15.5. The van der Waals surface area contributed by atoms with Gasteiger partial charge in [-0.1, -0.05) is 6.07 Å². The number of furan rings is 1. The van der Waals surface area contributed by atoms with Gasteiger partial charge in [0.1, 0.15) is 10.7 Å². The van der Waals surface area contributed by atoms with Crippen LogP contribution in [0.4, 0.5) is 10.1 Å². The molecular formula is C12H9BrFNO5S. The van der Waals surface area contributed by atoms with E-state index in [1.807, 2.05) is 0 Å². The second kappa shape index (κ2) is 5.49. The minimum absolute atomic E-state index is 0.0555. The van der Waals surface area contributed by atoms with E-state index in [1.165, 1.54) is 12.1 Å². The fourth-order valence-corrected chi connectivity index (χ4v) is 3.61. The summed E-state index contributed by atoms with van der Waals surface area (Å²) >= 11 is 2.84. The van der Waals surface area contributed by atoms with Gasteiger partial charge in [-0.3, -0.25) is 4.72 Å². The Hall–Kier alpha value is -1.87. The van der Waals surface area contributed by atoms with E-state index in [2.05, 4.69) is 20.7 Å². The average molecular weight is 378 g/mol. The van der Waals surface area contributed by atoms with Crippen molar-refractivity contribution in [2.45, 2.75) is 11.8 Å². The van der Waals surface area contributed by atoms with Crippen LogP contribution in [-0.2, 0) is 10.0 Å². The molecule has 0 radical (unpaired) electrons. The van der Waals surface area contributed by atoms with E-state index in [1.54, 1.807) is 6.92 Å². The van der Waals surface area contributed by atoms with Crippen LogP contribution < -0.4 is 4.72 Å². The number of carboxylic acids is 1. The molecule has 1 aromatic heterocycles. The molecular weight excluding hydrogens is 369 g/mol. The molecule has 0 spiro atoms. The van der Waals surface area contributed by atoms with Crippen LogP contribution in [-0.4, -0.2) is 19.5 Å². The second-order valence-corrected chi connectivity index (χ2v) is 6.49. The SMILES string of the molecule is Cc1ccc(F)cc1NS(=O)(=O)c1cc(C(=O)O)oc1Br. The normalized spacial score (nSPS) is 11.4. The fourth-order valence-electron chi connectivity index (χ4n) is 1.54. The van der Waals surface area contributed by atoms with Crippen LogP contribution in [0.25, 0.3) is 0 Å². The Bertz CT molecular complexity index is 815. The zero-order valence-corrected chi connectivity index (χ0v) is 13.0. The van der Waals surface area contributed by atoms with Gasteiger partial charge in [-0.2, -0.15) is 0 Å². The molecule has 1 heterocycles. The molecule has 0 bridgehead atoms. The van der Waals surface area contributed by atoms with Gasteiger partial charge >= 0.3 is 5.97 Å². The van der Waals surface area contributed by atoms with E-state index in [-0.39, 0.29) is 15.3 Å². The zero-order valence-electron chi connectivity index (χ0n) is 10.6. The van der Waals surface area contributed by atoms with Crippen LogP contribution in [0.15, 0.2) is 38.2 Å². The number of halogens is 2. The van der Waals surface area contributed by atoms with E-state index in [0.717, 1.165) is 12.1 Å². The first-order valence-corrected chi connectivity index (χ1v) is 7.80. The number of carbonyl (C=O) groups is 1. The van der Waals surface area contributed by atoms with Crippen molar-refractivity contribution >= 4 is 37.6 Å². The maximum absolute atomic E-state index is 13.2. The summed E-state index contributed by atoms with van der Waals surface area (Å²) in [5, 5.41) is 8.78. The highest BCUT2D eigenvalue weighted by atomic mass is 79.9. The van der Waals surface area contributed by atoms with Crippen LogP contribution in [0.5, 0.6) is 0 Å². The van der Waals surface area contributed by atoms with Crippen molar-refractivity contribution in [1.82, 2.24) is 0 Å². The number of benzene rings is 1. The van der Waals surface area contributed by atoms with E-state index in [4.69, 9.17) is 9.52 Å². The van der Waals surface area contributed by atoms with Gasteiger partial charge in [0.2, 0.25) is 5.76 Å². The number of aromatic carboxylic acids is 1. The van der Waals surface area contributed by atoms with Gasteiger partial charge in [0.25, 0.3) is 10.0 Å². The number of carboxylic acid groups (broad SMARTS) is 1. The van der Waals surface area contributed by atoms with E-state index in [0.29, 0.717) is 5.56 Å². The van der Waals surface area contributed by atoms with E-state index < -0.39 is 27.6 Å². The fraction of sp³-hybridized carbons (Fsp3) is 0.0833. The lowest BCUT2D eigenvalue weighted by molar-refractivity contribution is 0.0661. The molecule has 0 aliphatic rings. The highest BCUT2D eigenvalue weighted by Gasteiger charge is 2.25. The van der Waals surface area contributed by atoms with Crippen molar-refractivity contribution in [3.05, 3.63) is 46.1 Å². The van der Waals surface area contributed by atoms with Gasteiger partial charge in [0.05, 0.1) is 5.69 Å². The third-order valence-corrected chi connectivity index (χ3v) is 4.82. The number of nitrogens with one attached hydrogen (secondary N) is 1. The maximum atomic E-state index is 13.2. The summed E-state index contributed by atoms with van der Waals surface area (Å²) < 4.78 is 44.3. The zero-order chi connectivity index (χ0) is 15.8. The summed E-state index contributed by atoms with van der Waals surface area (Å²) in [6.07, 6.45) is 0. The van der Waals surface area contributed by atoms with Crippen molar-refractivity contribution in [3.63, 3.8) is 0 Å². The van der Waals surface area contributed by atoms with Gasteiger partial charge in [-0.05, 0) is 40.5 Å². The summed E-state index contributed by atoms with van der Waals surface area (Å²) in [4.78, 5) is 10.4. The van der Waals surface area contributed by atoms with Crippen LogP contribution in [0.3, 0.4) is 0 Å². The Labute approximate surface area is 127 Å². The van der Waals surface area contributed by atoms with Gasteiger partial charge in [-0.25, -0.2) is 17.6 Å². The van der Waals surface area contributed by atoms with Crippen molar-refractivity contribution < 1.29 is 27.1 Å². The topological polar surface area (TPSA) is 96.6 Å². The minimum Gasteiger partial charge on any atom is -0.475 e. The molecule has 112 valence electrons. The number of sulfonamides is 1. The first-order valence-electron chi connectivity index (χ1n) is 5.52. The Morgan fingerprint density at radius 2 is 2.05 bits per heavy atom. The van der Waals surface area contributed by atoms with E-state index >= 15 is 0 Å². The molecule has 21 heavy (non-hydrogen) atoms. The third-order valence-electron chi connectivity index (χ3n) is 2.60. The molecule has 9 heteroatoms. The van der Waals surface area contributed by atoms with Crippen molar-refractivity contribution in [2.75, 3.05) is 4.72 Å². The predicted octanol–water partition coefficient (Wildman–Crippen LogP) is 2.99.